The van der Waals surface area contributed by atoms with Gasteiger partial charge in [-0.25, -0.2) is 4.99 Å². The Balaban J connectivity index is 1.54. The summed E-state index contributed by atoms with van der Waals surface area (Å²) in [7, 11) is 0. The summed E-state index contributed by atoms with van der Waals surface area (Å²) in [6.07, 6.45) is -4.41. The van der Waals surface area contributed by atoms with E-state index in [0.717, 1.165) is 12.1 Å². The molecular formula is C24H24ClF3N4O3. The van der Waals surface area contributed by atoms with Gasteiger partial charge in [0.1, 0.15) is 6.04 Å². The molecule has 2 aromatic carbocycles. The maximum Gasteiger partial charge on any atom is 0.416 e. The molecule has 4 rings (SSSR count). The van der Waals surface area contributed by atoms with Crippen LogP contribution in [0.5, 0.6) is 0 Å². The van der Waals surface area contributed by atoms with Gasteiger partial charge in [0.25, 0.3) is 0 Å². The van der Waals surface area contributed by atoms with Crippen molar-refractivity contribution in [3.05, 3.63) is 64.7 Å². The Kier molecular flexibility index (Phi) is 7.20. The Morgan fingerprint density at radius 2 is 1.80 bits per heavy atom. The number of nitrogens with zero attached hydrogens (tertiary/aromatic N) is 3. The molecule has 1 N–H and O–H groups in total. The molecule has 0 aliphatic carbocycles. The number of alkyl halides is 3. The van der Waals surface area contributed by atoms with Gasteiger partial charge in [-0.2, -0.15) is 13.2 Å². The van der Waals surface area contributed by atoms with Crippen LogP contribution in [-0.2, 0) is 20.5 Å². The fourth-order valence-electron chi connectivity index (χ4n) is 4.21. The van der Waals surface area contributed by atoms with Crippen molar-refractivity contribution < 1.29 is 27.5 Å². The third kappa shape index (κ3) is 5.53. The van der Waals surface area contributed by atoms with Crippen molar-refractivity contribution in [2.75, 3.05) is 37.7 Å². The number of hydrogen-bond acceptors (Lipinski definition) is 6. The lowest BCUT2D eigenvalue weighted by atomic mass is 9.91. The molecule has 0 spiro atoms. The van der Waals surface area contributed by atoms with Crippen molar-refractivity contribution in [2.45, 2.75) is 19.1 Å². The van der Waals surface area contributed by atoms with Crippen LogP contribution < -0.4 is 10.2 Å². The highest BCUT2D eigenvalue weighted by Gasteiger charge is 2.42. The monoisotopic (exact) mass is 508 g/mol. The second-order valence-electron chi connectivity index (χ2n) is 8.19. The van der Waals surface area contributed by atoms with Gasteiger partial charge >= 0.3 is 12.1 Å². The van der Waals surface area contributed by atoms with Crippen LogP contribution >= 0.6 is 11.6 Å². The van der Waals surface area contributed by atoms with Crippen LogP contribution in [0.4, 0.5) is 18.9 Å². The SMILES string of the molecule is CCOC(=O)[C@@H]1C(=O)NC(N2CCN(c3cccc(C(F)(F)F)c3)CC2)=N[C@@H]1c1cccc(Cl)c1. The van der Waals surface area contributed by atoms with E-state index < -0.39 is 35.6 Å². The number of esters is 1. The molecule has 0 aromatic heterocycles. The number of anilines is 1. The quantitative estimate of drug-likeness (QED) is 0.501. The first-order valence-electron chi connectivity index (χ1n) is 11.2. The first-order chi connectivity index (χ1) is 16.7. The number of rotatable bonds is 4. The van der Waals surface area contributed by atoms with E-state index >= 15 is 0 Å². The van der Waals surface area contributed by atoms with Crippen molar-refractivity contribution in [1.82, 2.24) is 10.2 Å². The normalized spacial score (nSPS) is 20.8. The third-order valence-electron chi connectivity index (χ3n) is 5.94. The van der Waals surface area contributed by atoms with Crippen molar-refractivity contribution in [3.63, 3.8) is 0 Å². The molecule has 0 bridgehead atoms. The van der Waals surface area contributed by atoms with Crippen molar-refractivity contribution in [3.8, 4) is 0 Å². The zero-order valence-corrected chi connectivity index (χ0v) is 19.6. The lowest BCUT2D eigenvalue weighted by Gasteiger charge is -2.39. The fraction of sp³-hybridized carbons (Fsp3) is 0.375. The van der Waals surface area contributed by atoms with E-state index in [9.17, 15) is 22.8 Å². The lowest BCUT2D eigenvalue weighted by Crippen LogP contribution is -2.57. The summed E-state index contributed by atoms with van der Waals surface area (Å²) in [6, 6.07) is 11.2. The molecule has 2 aliphatic heterocycles. The molecule has 0 saturated carbocycles. The summed E-state index contributed by atoms with van der Waals surface area (Å²) in [4.78, 5) is 33.9. The van der Waals surface area contributed by atoms with E-state index in [1.54, 1.807) is 37.3 Å². The fourth-order valence-corrected chi connectivity index (χ4v) is 4.41. The van der Waals surface area contributed by atoms with Gasteiger partial charge in [0.05, 0.1) is 12.2 Å². The van der Waals surface area contributed by atoms with E-state index in [2.05, 4.69) is 10.3 Å². The molecule has 2 aliphatic rings. The molecule has 1 amide bonds. The summed E-state index contributed by atoms with van der Waals surface area (Å²) in [6.45, 7) is 3.48. The second-order valence-corrected chi connectivity index (χ2v) is 8.63. The number of piperazine rings is 1. The number of carbonyl (C=O) groups is 2. The van der Waals surface area contributed by atoms with Crippen molar-refractivity contribution in [1.29, 1.82) is 0 Å². The number of hydrogen-bond donors (Lipinski definition) is 1. The van der Waals surface area contributed by atoms with Gasteiger partial charge in [0.15, 0.2) is 5.92 Å². The molecule has 186 valence electrons. The summed E-state index contributed by atoms with van der Waals surface area (Å²) in [5, 5.41) is 3.16. The van der Waals surface area contributed by atoms with E-state index in [-0.39, 0.29) is 6.61 Å². The Hall–Kier alpha value is -3.27. The average molecular weight is 509 g/mol. The van der Waals surface area contributed by atoms with Gasteiger partial charge in [-0.3, -0.25) is 14.9 Å². The minimum Gasteiger partial charge on any atom is -0.465 e. The van der Waals surface area contributed by atoms with Gasteiger partial charge in [-0.05, 0) is 42.8 Å². The molecule has 2 atom stereocenters. The topological polar surface area (TPSA) is 74.2 Å². The van der Waals surface area contributed by atoms with Crippen LogP contribution in [0.3, 0.4) is 0 Å². The molecule has 35 heavy (non-hydrogen) atoms. The van der Waals surface area contributed by atoms with Crippen LogP contribution in [-0.4, -0.2) is 55.5 Å². The van der Waals surface area contributed by atoms with Crippen LogP contribution in [0.2, 0.25) is 5.02 Å². The molecule has 11 heteroatoms. The van der Waals surface area contributed by atoms with Crippen LogP contribution in [0, 0.1) is 5.92 Å². The Morgan fingerprint density at radius 1 is 1.11 bits per heavy atom. The van der Waals surface area contributed by atoms with E-state index in [1.165, 1.54) is 6.07 Å². The zero-order valence-electron chi connectivity index (χ0n) is 18.9. The molecule has 7 nitrogen and oxygen atoms in total. The molecule has 1 saturated heterocycles. The van der Waals surface area contributed by atoms with Crippen LogP contribution in [0.1, 0.15) is 24.1 Å². The van der Waals surface area contributed by atoms with E-state index in [4.69, 9.17) is 16.3 Å². The summed E-state index contributed by atoms with van der Waals surface area (Å²) >= 11 is 6.14. The predicted octanol–water partition coefficient (Wildman–Crippen LogP) is 3.89. The zero-order chi connectivity index (χ0) is 25.2. The summed E-state index contributed by atoms with van der Waals surface area (Å²) < 4.78 is 44.4. The highest BCUT2D eigenvalue weighted by Crippen LogP contribution is 2.33. The molecule has 0 radical (unpaired) electrons. The number of nitrogens with one attached hydrogen (secondary N) is 1. The molecule has 2 heterocycles. The number of aliphatic imine (C=N–C) groups is 1. The first kappa shape index (κ1) is 24.8. The van der Waals surface area contributed by atoms with Crippen LogP contribution in [0.15, 0.2) is 53.5 Å². The van der Waals surface area contributed by atoms with Crippen molar-refractivity contribution in [2.24, 2.45) is 10.9 Å². The van der Waals surface area contributed by atoms with Gasteiger partial charge < -0.3 is 14.5 Å². The standard InChI is InChI=1S/C24H24ClF3N4O3/c1-2-35-22(34)19-20(15-5-3-7-17(25)13-15)29-23(30-21(19)33)32-11-9-31(10-12-32)18-8-4-6-16(14-18)24(26,27)28/h3-8,13-14,19-20H,2,9-12H2,1H3,(H,29,30,33)/t19-,20+/m0/s1. The Bertz CT molecular complexity index is 1130. The van der Waals surface area contributed by atoms with E-state index in [1.807, 2.05) is 9.80 Å². The van der Waals surface area contributed by atoms with Gasteiger partial charge in [-0.15, -0.1) is 0 Å². The average Bonchev–Trinajstić information content (AvgIpc) is 2.83. The maximum atomic E-state index is 13.1. The number of halogens is 4. The van der Waals surface area contributed by atoms with E-state index in [0.29, 0.717) is 48.4 Å². The first-order valence-corrected chi connectivity index (χ1v) is 11.5. The highest BCUT2D eigenvalue weighted by molar-refractivity contribution is 6.30. The number of guanidine groups is 1. The van der Waals surface area contributed by atoms with Gasteiger partial charge in [0, 0.05) is 36.9 Å². The third-order valence-corrected chi connectivity index (χ3v) is 6.18. The Morgan fingerprint density at radius 3 is 2.46 bits per heavy atom. The molecular weight excluding hydrogens is 485 g/mol. The number of benzene rings is 2. The smallest absolute Gasteiger partial charge is 0.416 e. The van der Waals surface area contributed by atoms with Crippen LogP contribution in [0.25, 0.3) is 0 Å². The number of carbonyl (C=O) groups excluding carboxylic acids is 2. The number of amides is 1. The second kappa shape index (κ2) is 10.2. The summed E-state index contributed by atoms with van der Waals surface area (Å²) in [5.41, 5.74) is 0.384. The largest absolute Gasteiger partial charge is 0.465 e. The maximum absolute atomic E-state index is 13.1. The summed E-state index contributed by atoms with van der Waals surface area (Å²) in [5.74, 6) is -2.06. The molecule has 1 fully saturated rings. The minimum atomic E-state index is -4.41. The minimum absolute atomic E-state index is 0.124. The highest BCUT2D eigenvalue weighted by atomic mass is 35.5. The number of ether oxygens (including phenoxy) is 1. The van der Waals surface area contributed by atoms with Crippen molar-refractivity contribution >= 4 is 35.1 Å². The van der Waals surface area contributed by atoms with Gasteiger partial charge in [0.2, 0.25) is 11.9 Å². The molecule has 0 unspecified atom stereocenters. The van der Waals surface area contributed by atoms with Gasteiger partial charge in [-0.1, -0.05) is 29.8 Å². The Labute approximate surface area is 205 Å². The predicted molar refractivity (Wildman–Crippen MR) is 125 cm³/mol. The molecule has 2 aromatic rings. The lowest BCUT2D eigenvalue weighted by molar-refractivity contribution is -0.153.